The summed E-state index contributed by atoms with van der Waals surface area (Å²) in [5, 5.41) is 3.00. The predicted molar refractivity (Wildman–Crippen MR) is 70.2 cm³/mol. The van der Waals surface area contributed by atoms with E-state index in [2.05, 4.69) is 24.1 Å². The highest BCUT2D eigenvalue weighted by molar-refractivity contribution is 5.93. The van der Waals surface area contributed by atoms with E-state index in [1.54, 1.807) is 17.2 Å². The van der Waals surface area contributed by atoms with Crippen molar-refractivity contribution in [3.05, 3.63) is 24.0 Å². The first-order valence-electron chi connectivity index (χ1n) is 5.88. The van der Waals surface area contributed by atoms with Crippen molar-refractivity contribution in [1.82, 2.24) is 9.88 Å². The summed E-state index contributed by atoms with van der Waals surface area (Å²) in [5.74, 6) is 0.389. The number of hydrogen-bond donors (Lipinski definition) is 1. The third kappa shape index (κ3) is 3.19. The van der Waals surface area contributed by atoms with Gasteiger partial charge in [-0.05, 0) is 25.0 Å². The van der Waals surface area contributed by atoms with Crippen molar-refractivity contribution >= 4 is 11.6 Å². The summed E-state index contributed by atoms with van der Waals surface area (Å²) in [6, 6.07) is 3.80. The molecule has 17 heavy (non-hydrogen) atoms. The van der Waals surface area contributed by atoms with Crippen LogP contribution in [0.4, 0.5) is 5.69 Å². The van der Waals surface area contributed by atoms with E-state index in [0.717, 1.165) is 5.69 Å². The summed E-state index contributed by atoms with van der Waals surface area (Å²) in [7, 11) is 3.64. The smallest absolute Gasteiger partial charge is 0.272 e. The Kier molecular flexibility index (Phi) is 4.49. The van der Waals surface area contributed by atoms with E-state index >= 15 is 0 Å². The summed E-state index contributed by atoms with van der Waals surface area (Å²) in [6.07, 6.45) is 1.65. The minimum absolute atomic E-state index is 0.0386. The van der Waals surface area contributed by atoms with Crippen LogP contribution in [0.2, 0.25) is 0 Å². The van der Waals surface area contributed by atoms with Gasteiger partial charge in [0.1, 0.15) is 5.69 Å². The quantitative estimate of drug-likeness (QED) is 0.870. The lowest BCUT2D eigenvalue weighted by Crippen LogP contribution is -2.38. The Morgan fingerprint density at radius 1 is 1.41 bits per heavy atom. The average molecular weight is 235 g/mol. The van der Waals surface area contributed by atoms with E-state index in [9.17, 15) is 4.79 Å². The first kappa shape index (κ1) is 13.5. The van der Waals surface area contributed by atoms with Gasteiger partial charge in [0, 0.05) is 32.0 Å². The van der Waals surface area contributed by atoms with Crippen LogP contribution in [0.1, 0.15) is 31.3 Å². The first-order chi connectivity index (χ1) is 7.97. The van der Waals surface area contributed by atoms with Crippen molar-refractivity contribution in [2.45, 2.75) is 26.8 Å². The van der Waals surface area contributed by atoms with Gasteiger partial charge in [-0.1, -0.05) is 13.8 Å². The molecule has 1 aromatic heterocycles. The predicted octanol–water partition coefficient (Wildman–Crippen LogP) is 2.24. The Bertz CT molecular complexity index is 390. The second-order valence-electron chi connectivity index (χ2n) is 4.58. The first-order valence-corrected chi connectivity index (χ1v) is 5.88. The van der Waals surface area contributed by atoms with E-state index < -0.39 is 0 Å². The number of nitrogens with zero attached hydrogens (tertiary/aromatic N) is 2. The molecule has 1 unspecified atom stereocenters. The maximum atomic E-state index is 12.2. The molecule has 0 aromatic carbocycles. The highest BCUT2D eigenvalue weighted by Crippen LogP contribution is 2.13. The monoisotopic (exact) mass is 235 g/mol. The Labute approximate surface area is 103 Å². The van der Waals surface area contributed by atoms with Crippen molar-refractivity contribution in [3.8, 4) is 0 Å². The zero-order chi connectivity index (χ0) is 13.0. The normalized spacial score (nSPS) is 12.4. The van der Waals surface area contributed by atoms with Gasteiger partial charge in [-0.2, -0.15) is 0 Å². The summed E-state index contributed by atoms with van der Waals surface area (Å²) < 4.78 is 0. The largest absolute Gasteiger partial charge is 0.388 e. The third-order valence-electron chi connectivity index (χ3n) is 3.16. The molecule has 0 spiro atoms. The molecule has 0 aliphatic heterocycles. The Morgan fingerprint density at radius 3 is 2.59 bits per heavy atom. The van der Waals surface area contributed by atoms with Crippen molar-refractivity contribution in [3.63, 3.8) is 0 Å². The number of hydrogen-bond acceptors (Lipinski definition) is 3. The van der Waals surface area contributed by atoms with Gasteiger partial charge in [0.25, 0.3) is 5.91 Å². The highest BCUT2D eigenvalue weighted by Gasteiger charge is 2.20. The number of carbonyl (C=O) groups is 1. The summed E-state index contributed by atoms with van der Waals surface area (Å²) >= 11 is 0. The van der Waals surface area contributed by atoms with Gasteiger partial charge < -0.3 is 10.2 Å². The topological polar surface area (TPSA) is 45.2 Å². The number of anilines is 1. The Balaban J connectivity index is 2.88. The van der Waals surface area contributed by atoms with Crippen molar-refractivity contribution in [1.29, 1.82) is 0 Å². The molecule has 1 aromatic rings. The summed E-state index contributed by atoms with van der Waals surface area (Å²) in [4.78, 5) is 18.1. The maximum Gasteiger partial charge on any atom is 0.272 e. The molecule has 0 bridgehead atoms. The summed E-state index contributed by atoms with van der Waals surface area (Å²) in [5.41, 5.74) is 1.38. The standard InChI is InChI=1S/C13H21N3O/c1-9(2)10(3)16(5)13(17)12-8-11(14-4)6-7-15-12/h6-10H,1-5H3,(H,14,15). The van der Waals surface area contributed by atoms with Crippen LogP contribution in [-0.4, -0.2) is 35.9 Å². The van der Waals surface area contributed by atoms with Gasteiger partial charge in [-0.25, -0.2) is 0 Å². The molecule has 4 nitrogen and oxygen atoms in total. The molecule has 1 amide bonds. The molecule has 0 fully saturated rings. The van der Waals surface area contributed by atoms with Gasteiger partial charge >= 0.3 is 0 Å². The maximum absolute atomic E-state index is 12.2. The van der Waals surface area contributed by atoms with Crippen LogP contribution >= 0.6 is 0 Å². The van der Waals surface area contributed by atoms with Gasteiger partial charge in [0.15, 0.2) is 0 Å². The second kappa shape index (κ2) is 5.66. The molecule has 1 atom stereocenters. The molecule has 1 heterocycles. The van der Waals surface area contributed by atoms with Crippen LogP contribution < -0.4 is 5.32 Å². The SMILES string of the molecule is CNc1ccnc(C(=O)N(C)C(C)C(C)C)c1. The van der Waals surface area contributed by atoms with Crippen LogP contribution in [0.3, 0.4) is 0 Å². The van der Waals surface area contributed by atoms with Gasteiger partial charge in [0.05, 0.1) is 0 Å². The minimum Gasteiger partial charge on any atom is -0.388 e. The van der Waals surface area contributed by atoms with E-state index in [4.69, 9.17) is 0 Å². The second-order valence-corrected chi connectivity index (χ2v) is 4.58. The molecule has 94 valence electrons. The number of amides is 1. The third-order valence-corrected chi connectivity index (χ3v) is 3.16. The lowest BCUT2D eigenvalue weighted by molar-refractivity contribution is 0.0701. The molecule has 0 radical (unpaired) electrons. The Morgan fingerprint density at radius 2 is 2.06 bits per heavy atom. The molecule has 0 aliphatic carbocycles. The molecule has 4 heteroatoms. The number of pyridine rings is 1. The molecule has 0 saturated carbocycles. The number of aromatic nitrogens is 1. The molecule has 1 rings (SSSR count). The van der Waals surface area contributed by atoms with Gasteiger partial charge in [-0.15, -0.1) is 0 Å². The van der Waals surface area contributed by atoms with Crippen LogP contribution in [0.25, 0.3) is 0 Å². The molecule has 1 N–H and O–H groups in total. The van der Waals surface area contributed by atoms with Crippen LogP contribution in [0.5, 0.6) is 0 Å². The van der Waals surface area contributed by atoms with E-state index in [1.807, 2.05) is 27.1 Å². The van der Waals surface area contributed by atoms with Gasteiger partial charge in [-0.3, -0.25) is 9.78 Å². The fourth-order valence-corrected chi connectivity index (χ4v) is 1.52. The highest BCUT2D eigenvalue weighted by atomic mass is 16.2. The number of rotatable bonds is 4. The number of carbonyl (C=O) groups excluding carboxylic acids is 1. The number of nitrogens with one attached hydrogen (secondary N) is 1. The van der Waals surface area contributed by atoms with Crippen LogP contribution in [-0.2, 0) is 0 Å². The fourth-order valence-electron chi connectivity index (χ4n) is 1.52. The zero-order valence-corrected chi connectivity index (χ0v) is 11.2. The minimum atomic E-state index is -0.0386. The van der Waals surface area contributed by atoms with E-state index in [1.165, 1.54) is 0 Å². The van der Waals surface area contributed by atoms with Crippen molar-refractivity contribution in [2.24, 2.45) is 5.92 Å². The average Bonchev–Trinajstić information content (AvgIpc) is 2.36. The van der Waals surface area contributed by atoms with Crippen LogP contribution in [0.15, 0.2) is 18.3 Å². The Hall–Kier alpha value is -1.58. The van der Waals surface area contributed by atoms with Crippen molar-refractivity contribution < 1.29 is 4.79 Å². The molecule has 0 aliphatic rings. The molecular formula is C13H21N3O. The molecular weight excluding hydrogens is 214 g/mol. The van der Waals surface area contributed by atoms with Crippen LogP contribution in [0, 0.1) is 5.92 Å². The van der Waals surface area contributed by atoms with E-state index in [0.29, 0.717) is 11.6 Å². The van der Waals surface area contributed by atoms with Gasteiger partial charge in [0.2, 0.25) is 0 Å². The lowest BCUT2D eigenvalue weighted by Gasteiger charge is -2.27. The zero-order valence-electron chi connectivity index (χ0n) is 11.2. The van der Waals surface area contributed by atoms with E-state index in [-0.39, 0.29) is 11.9 Å². The van der Waals surface area contributed by atoms with Crippen molar-refractivity contribution in [2.75, 3.05) is 19.4 Å². The summed E-state index contributed by atoms with van der Waals surface area (Å²) in [6.45, 7) is 6.25. The lowest BCUT2D eigenvalue weighted by atomic mass is 10.0. The fraction of sp³-hybridized carbons (Fsp3) is 0.538. The molecule has 0 saturated heterocycles.